The Morgan fingerprint density at radius 2 is 2.12 bits per heavy atom. The molecule has 8 heteroatoms. The maximum absolute atomic E-state index is 12.4. The van der Waals surface area contributed by atoms with Gasteiger partial charge in [-0.15, -0.1) is 0 Å². The lowest BCUT2D eigenvalue weighted by atomic mass is 10.2. The van der Waals surface area contributed by atoms with Gasteiger partial charge in [0.2, 0.25) is 0 Å². The summed E-state index contributed by atoms with van der Waals surface area (Å²) in [6, 6.07) is 7.17. The van der Waals surface area contributed by atoms with Crippen LogP contribution in [0.3, 0.4) is 0 Å². The minimum absolute atomic E-state index is 0.0657. The van der Waals surface area contributed by atoms with Crippen molar-refractivity contribution in [1.82, 2.24) is 19.7 Å². The quantitative estimate of drug-likeness (QED) is 0.621. The molecule has 7 nitrogen and oxygen atoms in total. The molecule has 0 unspecified atom stereocenters. The van der Waals surface area contributed by atoms with Crippen molar-refractivity contribution in [3.05, 3.63) is 40.3 Å². The number of aliphatic hydroxyl groups is 1. The van der Waals surface area contributed by atoms with Gasteiger partial charge in [0.15, 0.2) is 0 Å². The first-order valence-corrected chi connectivity index (χ1v) is 9.13. The van der Waals surface area contributed by atoms with Gasteiger partial charge in [-0.3, -0.25) is 4.79 Å². The highest BCUT2D eigenvalue weighted by atomic mass is 32.2. The van der Waals surface area contributed by atoms with Crippen molar-refractivity contribution in [1.29, 1.82) is 0 Å². The molecule has 1 aromatic carbocycles. The second-order valence-corrected chi connectivity index (χ2v) is 7.51. The molecule has 0 aliphatic rings. The number of thioether (sulfide) groups is 1. The number of nitrogens with one attached hydrogen (secondary N) is 1. The van der Waals surface area contributed by atoms with Crippen LogP contribution in [0.4, 0.5) is 5.82 Å². The first-order valence-electron chi connectivity index (χ1n) is 8.08. The zero-order chi connectivity index (χ0) is 18.0. The summed E-state index contributed by atoms with van der Waals surface area (Å²) in [5.41, 5.74) is 8.02. The zero-order valence-corrected chi connectivity index (χ0v) is 15.0. The molecule has 0 amide bonds. The zero-order valence-electron chi connectivity index (χ0n) is 14.2. The van der Waals surface area contributed by atoms with Gasteiger partial charge in [-0.2, -0.15) is 16.9 Å². The van der Waals surface area contributed by atoms with E-state index in [-0.39, 0.29) is 12.2 Å². The third-order valence-electron chi connectivity index (χ3n) is 3.78. The predicted molar refractivity (Wildman–Crippen MR) is 102 cm³/mol. The number of benzene rings is 1. The average molecular weight is 359 g/mol. The number of anilines is 1. The summed E-state index contributed by atoms with van der Waals surface area (Å²) in [6.45, 7) is 4.44. The van der Waals surface area contributed by atoms with Crippen LogP contribution in [-0.2, 0) is 12.3 Å². The lowest BCUT2D eigenvalue weighted by Gasteiger charge is -2.06. The monoisotopic (exact) mass is 359 g/mol. The van der Waals surface area contributed by atoms with Crippen molar-refractivity contribution in [2.24, 2.45) is 0 Å². The van der Waals surface area contributed by atoms with Crippen molar-refractivity contribution in [3.63, 3.8) is 0 Å². The fourth-order valence-corrected chi connectivity index (χ4v) is 3.29. The number of nitrogens with two attached hydrogens (primary N) is 1. The Labute approximate surface area is 149 Å². The van der Waals surface area contributed by atoms with E-state index >= 15 is 0 Å². The Morgan fingerprint density at radius 3 is 2.84 bits per heavy atom. The van der Waals surface area contributed by atoms with Crippen molar-refractivity contribution < 1.29 is 5.11 Å². The summed E-state index contributed by atoms with van der Waals surface area (Å²) < 4.78 is 1.56. The van der Waals surface area contributed by atoms with Crippen LogP contribution in [-0.4, -0.2) is 36.7 Å². The average Bonchev–Trinajstić information content (AvgIpc) is 2.89. The number of aliphatic hydroxyl groups excluding tert-OH is 1. The van der Waals surface area contributed by atoms with E-state index in [1.54, 1.807) is 34.6 Å². The predicted octanol–water partition coefficient (Wildman–Crippen LogP) is 2.00. The fraction of sp³-hybridized carbons (Fsp3) is 0.353. The molecule has 3 aromatic rings. The number of hydrogen-bond donors (Lipinski definition) is 3. The summed E-state index contributed by atoms with van der Waals surface area (Å²) in [5, 5.41) is 14.7. The molecule has 0 radical (unpaired) electrons. The van der Waals surface area contributed by atoms with Crippen LogP contribution >= 0.6 is 11.8 Å². The Kier molecular flexibility index (Phi) is 5.10. The molecule has 132 valence electrons. The highest BCUT2D eigenvalue weighted by Gasteiger charge is 2.20. The Hall–Kier alpha value is -2.32. The van der Waals surface area contributed by atoms with Crippen molar-refractivity contribution in [2.45, 2.75) is 31.4 Å². The number of H-pyrrole nitrogens is 1. The number of aromatic nitrogens is 4. The van der Waals surface area contributed by atoms with Crippen molar-refractivity contribution >= 4 is 28.5 Å². The highest BCUT2D eigenvalue weighted by Crippen LogP contribution is 2.31. The first-order chi connectivity index (χ1) is 12.0. The molecule has 0 spiro atoms. The molecule has 4 N–H and O–H groups in total. The maximum Gasteiger partial charge on any atom is 0.259 e. The summed E-state index contributed by atoms with van der Waals surface area (Å²) >= 11 is 1.73. The number of fused-ring (bicyclic) bond motifs is 1. The molecule has 0 saturated carbocycles. The molecule has 0 aliphatic heterocycles. The van der Waals surface area contributed by atoms with Gasteiger partial charge in [0.25, 0.3) is 5.56 Å². The van der Waals surface area contributed by atoms with E-state index in [1.165, 1.54) is 0 Å². The van der Waals surface area contributed by atoms with Gasteiger partial charge in [-0.1, -0.05) is 26.0 Å². The number of rotatable bonds is 6. The number of para-hydroxylation sites is 1. The first kappa shape index (κ1) is 17.5. The second kappa shape index (κ2) is 7.28. The van der Waals surface area contributed by atoms with E-state index in [4.69, 9.17) is 5.73 Å². The van der Waals surface area contributed by atoms with E-state index in [1.807, 2.05) is 6.07 Å². The van der Waals surface area contributed by atoms with Gasteiger partial charge < -0.3 is 15.8 Å². The minimum atomic E-state index is -0.211. The van der Waals surface area contributed by atoms with Gasteiger partial charge in [-0.05, 0) is 17.4 Å². The summed E-state index contributed by atoms with van der Waals surface area (Å²) in [5.74, 6) is 1.45. The van der Waals surface area contributed by atoms with Crippen molar-refractivity contribution in [3.8, 4) is 11.4 Å². The highest BCUT2D eigenvalue weighted by molar-refractivity contribution is 7.99. The largest absolute Gasteiger partial charge is 0.394 e. The molecule has 2 heterocycles. The fourth-order valence-electron chi connectivity index (χ4n) is 2.60. The third-order valence-corrected chi connectivity index (χ3v) is 4.89. The van der Waals surface area contributed by atoms with Crippen LogP contribution in [0.5, 0.6) is 0 Å². The molecule has 0 fully saturated rings. The smallest absolute Gasteiger partial charge is 0.259 e. The van der Waals surface area contributed by atoms with Gasteiger partial charge in [0.1, 0.15) is 11.6 Å². The van der Waals surface area contributed by atoms with Crippen LogP contribution < -0.4 is 11.3 Å². The molecule has 0 aliphatic carbocycles. The van der Waals surface area contributed by atoms with Gasteiger partial charge in [0, 0.05) is 5.75 Å². The Morgan fingerprint density at radius 1 is 1.36 bits per heavy atom. The molecule has 0 saturated heterocycles. The van der Waals surface area contributed by atoms with Gasteiger partial charge in [-0.25, -0.2) is 9.67 Å². The third kappa shape index (κ3) is 3.54. The number of nitrogens with zero attached hydrogens (tertiary/aromatic N) is 3. The van der Waals surface area contributed by atoms with E-state index in [2.05, 4.69) is 28.9 Å². The van der Waals surface area contributed by atoms with E-state index in [0.717, 1.165) is 5.69 Å². The Balaban J connectivity index is 2.16. The summed E-state index contributed by atoms with van der Waals surface area (Å²) in [4.78, 5) is 19.8. The van der Waals surface area contributed by atoms with Crippen LogP contribution in [0.25, 0.3) is 22.3 Å². The standard InChI is InChI=1S/C17H21N5O2S/c1-10(2)25-9-13-14(15(18)22(21-13)7-8-23)16-19-12-6-4-3-5-11(12)17(24)20-16/h3-6,10,23H,7-9,18H2,1-2H3,(H,19,20,24). The normalized spacial score (nSPS) is 11.5. The number of hydrogen-bond acceptors (Lipinski definition) is 6. The molecule has 25 heavy (non-hydrogen) atoms. The maximum atomic E-state index is 12.4. The second-order valence-electron chi connectivity index (χ2n) is 5.95. The lowest BCUT2D eigenvalue weighted by Crippen LogP contribution is -2.11. The molecule has 2 aromatic heterocycles. The van der Waals surface area contributed by atoms with Crippen LogP contribution in [0.15, 0.2) is 29.1 Å². The minimum Gasteiger partial charge on any atom is -0.394 e. The van der Waals surface area contributed by atoms with Crippen LogP contribution in [0.2, 0.25) is 0 Å². The van der Waals surface area contributed by atoms with Crippen molar-refractivity contribution in [2.75, 3.05) is 12.3 Å². The summed E-state index contributed by atoms with van der Waals surface area (Å²) in [7, 11) is 0. The van der Waals surface area contributed by atoms with Crippen LogP contribution in [0, 0.1) is 0 Å². The summed E-state index contributed by atoms with van der Waals surface area (Å²) in [6.07, 6.45) is 0. The Bertz CT molecular complexity index is 948. The van der Waals surface area contributed by atoms with E-state index in [9.17, 15) is 9.90 Å². The van der Waals surface area contributed by atoms with Gasteiger partial charge in [0.05, 0.1) is 35.3 Å². The molecule has 0 atom stereocenters. The van der Waals surface area contributed by atoms with Crippen LogP contribution in [0.1, 0.15) is 19.5 Å². The van der Waals surface area contributed by atoms with Gasteiger partial charge >= 0.3 is 0 Å². The molecule has 0 bridgehead atoms. The molecular formula is C17H21N5O2S. The molecule has 3 rings (SSSR count). The molecular weight excluding hydrogens is 338 g/mol. The lowest BCUT2D eigenvalue weighted by molar-refractivity contribution is 0.270. The van der Waals surface area contributed by atoms with E-state index in [0.29, 0.717) is 45.7 Å². The SMILES string of the molecule is CC(C)SCc1nn(CCO)c(N)c1-c1nc2ccccc2c(=O)[nH]1. The topological polar surface area (TPSA) is 110 Å². The van der Waals surface area contributed by atoms with E-state index < -0.39 is 0 Å². The number of nitrogen functional groups attached to an aromatic ring is 1. The number of aromatic amines is 1.